The van der Waals surface area contributed by atoms with Gasteiger partial charge in [0.05, 0.1) is 6.16 Å². The highest BCUT2D eigenvalue weighted by Crippen LogP contribution is 2.43. The monoisotopic (exact) mass is 308 g/mol. The van der Waals surface area contributed by atoms with Crippen LogP contribution < -0.4 is 0 Å². The number of hydrogen-bond donors (Lipinski definition) is 2. The maximum Gasteiger partial charge on any atom is 0.329 e. The molecule has 0 saturated carbocycles. The van der Waals surface area contributed by atoms with Crippen molar-refractivity contribution >= 4 is 7.60 Å². The van der Waals surface area contributed by atoms with E-state index in [0.29, 0.717) is 11.1 Å². The van der Waals surface area contributed by atoms with Crippen LogP contribution in [0.25, 0.3) is 11.1 Å². The average Bonchev–Trinajstić information content (AvgIpc) is 2.34. The highest BCUT2D eigenvalue weighted by molar-refractivity contribution is 7.50. The van der Waals surface area contributed by atoms with Crippen LogP contribution in [0.5, 0.6) is 0 Å². The van der Waals surface area contributed by atoms with E-state index in [1.807, 2.05) is 26.0 Å². The van der Waals surface area contributed by atoms with Crippen molar-refractivity contribution < 1.29 is 18.7 Å². The van der Waals surface area contributed by atoms with Crippen molar-refractivity contribution in [3.63, 3.8) is 0 Å². The average molecular weight is 308 g/mol. The van der Waals surface area contributed by atoms with Crippen LogP contribution in [0.15, 0.2) is 30.3 Å². The molecule has 0 aliphatic heterocycles. The first-order valence-electron chi connectivity index (χ1n) is 6.58. The third-order valence-electron chi connectivity index (χ3n) is 3.45. The van der Waals surface area contributed by atoms with Crippen molar-refractivity contribution in [3.05, 3.63) is 58.4 Å². The van der Waals surface area contributed by atoms with Crippen molar-refractivity contribution in [2.24, 2.45) is 0 Å². The van der Waals surface area contributed by atoms with Crippen LogP contribution in [-0.4, -0.2) is 9.79 Å². The topological polar surface area (TPSA) is 57.5 Å². The van der Waals surface area contributed by atoms with Crippen molar-refractivity contribution in [2.75, 3.05) is 0 Å². The zero-order chi connectivity index (χ0) is 15.8. The van der Waals surface area contributed by atoms with Gasteiger partial charge in [-0.1, -0.05) is 23.8 Å². The van der Waals surface area contributed by atoms with Gasteiger partial charge in [-0.2, -0.15) is 0 Å². The maximum absolute atomic E-state index is 13.4. The summed E-state index contributed by atoms with van der Waals surface area (Å²) >= 11 is 0. The minimum atomic E-state index is -4.17. The smallest absolute Gasteiger partial charge is 0.324 e. The van der Waals surface area contributed by atoms with Gasteiger partial charge < -0.3 is 9.79 Å². The Morgan fingerprint density at radius 1 is 1.05 bits per heavy atom. The molecule has 2 rings (SSSR count). The second kappa shape index (κ2) is 5.72. The standard InChI is InChI=1S/C16H18FO3P/c1-10-6-11(2)15(9-21(18,19)20)14(7-10)13-4-5-16(17)12(3)8-13/h4-8H,9H2,1-3H3,(H2,18,19,20). The van der Waals surface area contributed by atoms with Crippen LogP contribution in [0, 0.1) is 26.6 Å². The molecule has 2 aromatic carbocycles. The number of rotatable bonds is 3. The van der Waals surface area contributed by atoms with Crippen molar-refractivity contribution in [3.8, 4) is 11.1 Å². The first-order valence-corrected chi connectivity index (χ1v) is 8.38. The Kier molecular flexibility index (Phi) is 4.33. The summed E-state index contributed by atoms with van der Waals surface area (Å²) in [6.45, 7) is 5.43. The predicted octanol–water partition coefficient (Wildman–Crippen LogP) is 4.10. The molecule has 0 aliphatic carbocycles. The fourth-order valence-electron chi connectivity index (χ4n) is 2.48. The summed E-state index contributed by atoms with van der Waals surface area (Å²) in [6.07, 6.45) is -0.315. The van der Waals surface area contributed by atoms with Crippen LogP contribution >= 0.6 is 7.60 Å². The SMILES string of the molecule is Cc1cc(C)c(CP(=O)(O)O)c(-c2ccc(F)c(C)c2)c1. The van der Waals surface area contributed by atoms with Crippen molar-refractivity contribution in [2.45, 2.75) is 26.9 Å². The highest BCUT2D eigenvalue weighted by atomic mass is 31.2. The molecule has 0 spiro atoms. The van der Waals surface area contributed by atoms with Crippen LogP contribution in [0.1, 0.15) is 22.3 Å². The summed E-state index contributed by atoms with van der Waals surface area (Å²) in [5, 5.41) is 0. The summed E-state index contributed by atoms with van der Waals surface area (Å²) in [6, 6.07) is 8.49. The van der Waals surface area contributed by atoms with Gasteiger partial charge >= 0.3 is 7.60 Å². The number of halogens is 1. The van der Waals surface area contributed by atoms with Gasteiger partial charge in [0.2, 0.25) is 0 Å². The van der Waals surface area contributed by atoms with Gasteiger partial charge in [-0.15, -0.1) is 0 Å². The van der Waals surface area contributed by atoms with Gasteiger partial charge in [0.1, 0.15) is 5.82 Å². The zero-order valence-corrected chi connectivity index (χ0v) is 13.1. The Balaban J connectivity index is 2.66. The molecule has 0 heterocycles. The molecule has 112 valence electrons. The fraction of sp³-hybridized carbons (Fsp3) is 0.250. The number of aryl methyl sites for hydroxylation is 3. The van der Waals surface area contributed by atoms with E-state index in [1.54, 1.807) is 19.1 Å². The number of hydrogen-bond acceptors (Lipinski definition) is 1. The van der Waals surface area contributed by atoms with Crippen LogP contribution in [0.3, 0.4) is 0 Å². The first kappa shape index (κ1) is 15.9. The summed E-state index contributed by atoms with van der Waals surface area (Å²) in [7, 11) is -4.17. The summed E-state index contributed by atoms with van der Waals surface area (Å²) < 4.78 is 24.8. The zero-order valence-electron chi connectivity index (χ0n) is 12.2. The second-order valence-corrected chi connectivity index (χ2v) is 7.04. The van der Waals surface area contributed by atoms with Crippen LogP contribution in [0.4, 0.5) is 4.39 Å². The Morgan fingerprint density at radius 2 is 1.71 bits per heavy atom. The van der Waals surface area contributed by atoms with Crippen molar-refractivity contribution in [1.29, 1.82) is 0 Å². The third kappa shape index (κ3) is 3.79. The van der Waals surface area contributed by atoms with Gasteiger partial charge in [-0.3, -0.25) is 4.57 Å². The van der Waals surface area contributed by atoms with Gasteiger partial charge in [-0.05, 0) is 60.7 Å². The van der Waals surface area contributed by atoms with E-state index in [0.717, 1.165) is 22.3 Å². The van der Waals surface area contributed by atoms with E-state index in [-0.39, 0.29) is 12.0 Å². The molecule has 0 radical (unpaired) electrons. The quantitative estimate of drug-likeness (QED) is 0.839. The first-order chi connectivity index (χ1) is 9.67. The Hall–Kier alpha value is -1.48. The number of benzene rings is 2. The lowest BCUT2D eigenvalue weighted by Crippen LogP contribution is -1.97. The van der Waals surface area contributed by atoms with E-state index >= 15 is 0 Å². The Bertz CT molecular complexity index is 735. The molecule has 0 aromatic heterocycles. The molecular formula is C16H18FO3P. The molecule has 0 amide bonds. The van der Waals surface area contributed by atoms with E-state index in [9.17, 15) is 18.7 Å². The van der Waals surface area contributed by atoms with Crippen molar-refractivity contribution in [1.82, 2.24) is 0 Å². The fourth-order valence-corrected chi connectivity index (χ4v) is 3.31. The van der Waals surface area contributed by atoms with Gasteiger partial charge in [0.15, 0.2) is 0 Å². The lowest BCUT2D eigenvalue weighted by Gasteiger charge is -2.16. The van der Waals surface area contributed by atoms with Crippen LogP contribution in [0.2, 0.25) is 0 Å². The summed E-state index contributed by atoms with van der Waals surface area (Å²) in [5.74, 6) is -0.292. The van der Waals surface area contributed by atoms with Crippen LogP contribution in [-0.2, 0) is 10.7 Å². The van der Waals surface area contributed by atoms with Gasteiger partial charge in [0, 0.05) is 0 Å². The predicted molar refractivity (Wildman–Crippen MR) is 81.8 cm³/mol. The van der Waals surface area contributed by atoms with Gasteiger partial charge in [-0.25, -0.2) is 4.39 Å². The molecule has 0 atom stereocenters. The lowest BCUT2D eigenvalue weighted by molar-refractivity contribution is 0.371. The van der Waals surface area contributed by atoms with E-state index < -0.39 is 7.60 Å². The molecule has 0 fully saturated rings. The molecular weight excluding hydrogens is 290 g/mol. The molecule has 0 saturated heterocycles. The minimum absolute atomic E-state index is 0.292. The Labute approximate surface area is 123 Å². The molecule has 0 unspecified atom stereocenters. The minimum Gasteiger partial charge on any atom is -0.324 e. The lowest BCUT2D eigenvalue weighted by atomic mass is 9.94. The molecule has 3 nitrogen and oxygen atoms in total. The summed E-state index contributed by atoms with van der Waals surface area (Å²) in [5.41, 5.74) is 4.46. The molecule has 21 heavy (non-hydrogen) atoms. The van der Waals surface area contributed by atoms with E-state index in [2.05, 4.69) is 0 Å². The van der Waals surface area contributed by atoms with E-state index in [1.165, 1.54) is 6.07 Å². The maximum atomic E-state index is 13.4. The molecule has 0 bridgehead atoms. The molecule has 2 N–H and O–H groups in total. The molecule has 0 aliphatic rings. The highest BCUT2D eigenvalue weighted by Gasteiger charge is 2.20. The molecule has 2 aromatic rings. The molecule has 5 heteroatoms. The van der Waals surface area contributed by atoms with E-state index in [4.69, 9.17) is 0 Å². The largest absolute Gasteiger partial charge is 0.329 e. The third-order valence-corrected chi connectivity index (χ3v) is 4.18. The summed E-state index contributed by atoms with van der Waals surface area (Å²) in [4.78, 5) is 18.6. The second-order valence-electron chi connectivity index (χ2n) is 5.39. The van der Waals surface area contributed by atoms with Gasteiger partial charge in [0.25, 0.3) is 0 Å². The Morgan fingerprint density at radius 3 is 2.29 bits per heavy atom. The normalized spacial score (nSPS) is 11.7.